The van der Waals surface area contributed by atoms with E-state index in [2.05, 4.69) is 10.6 Å². The first-order chi connectivity index (χ1) is 15.7. The maximum absolute atomic E-state index is 5.53. The van der Waals surface area contributed by atoms with E-state index in [-0.39, 0.29) is 0 Å². The van der Waals surface area contributed by atoms with Gasteiger partial charge in [0.05, 0.1) is 32.1 Å². The lowest BCUT2D eigenvalue weighted by Gasteiger charge is -2.14. The van der Waals surface area contributed by atoms with Crippen LogP contribution < -0.4 is 24.8 Å². The van der Waals surface area contributed by atoms with E-state index in [0.717, 1.165) is 40.1 Å². The maximum Gasteiger partial charge on any atom is 0.126 e. The number of aliphatic imine (C=N–C) groups is 1. The molecule has 2 N–H and O–H groups in total. The van der Waals surface area contributed by atoms with Gasteiger partial charge < -0.3 is 24.8 Å². The Morgan fingerprint density at radius 1 is 0.625 bits per heavy atom. The van der Waals surface area contributed by atoms with Crippen LogP contribution >= 0.6 is 0 Å². The smallest absolute Gasteiger partial charge is 0.126 e. The average Bonchev–Trinajstić information content (AvgIpc) is 2.81. The summed E-state index contributed by atoms with van der Waals surface area (Å²) in [6.45, 7) is 8.37. The van der Waals surface area contributed by atoms with Crippen LogP contribution in [-0.2, 0) is 0 Å². The minimum Gasteiger partial charge on any atom is -0.494 e. The van der Waals surface area contributed by atoms with Gasteiger partial charge >= 0.3 is 0 Å². The Morgan fingerprint density at radius 2 is 1.06 bits per heavy atom. The molecule has 0 aliphatic carbocycles. The number of nitrogens with one attached hydrogen (secondary N) is 2. The largest absolute Gasteiger partial charge is 0.494 e. The predicted molar refractivity (Wildman–Crippen MR) is 132 cm³/mol. The maximum atomic E-state index is 5.53. The van der Waals surface area contributed by atoms with Gasteiger partial charge in [0.15, 0.2) is 0 Å². The zero-order chi connectivity index (χ0) is 22.6. The number of hydrogen-bond acceptors (Lipinski definition) is 5. The summed E-state index contributed by atoms with van der Waals surface area (Å²) < 4.78 is 16.6. The third-order valence-electron chi connectivity index (χ3n) is 4.49. The fraction of sp³-hybridized carbons (Fsp3) is 0.269. The zero-order valence-corrected chi connectivity index (χ0v) is 18.9. The lowest BCUT2D eigenvalue weighted by Crippen LogP contribution is -2.22. The molecule has 0 saturated carbocycles. The van der Waals surface area contributed by atoms with Crippen molar-refractivity contribution in [3.05, 3.63) is 72.8 Å². The van der Waals surface area contributed by atoms with Gasteiger partial charge in [0.2, 0.25) is 0 Å². The van der Waals surface area contributed by atoms with Crippen molar-refractivity contribution in [1.29, 1.82) is 0 Å². The second-order valence-electron chi connectivity index (χ2n) is 6.88. The molecule has 6 heteroatoms. The molecule has 168 valence electrons. The third-order valence-corrected chi connectivity index (χ3v) is 4.49. The van der Waals surface area contributed by atoms with E-state index in [1.54, 1.807) is 0 Å². The van der Waals surface area contributed by atoms with Gasteiger partial charge in [0, 0.05) is 11.4 Å². The highest BCUT2D eigenvalue weighted by Crippen LogP contribution is 2.21. The summed E-state index contributed by atoms with van der Waals surface area (Å²) in [7, 11) is 0. The molecule has 3 aromatic carbocycles. The van der Waals surface area contributed by atoms with E-state index < -0.39 is 0 Å². The van der Waals surface area contributed by atoms with Crippen molar-refractivity contribution in [2.45, 2.75) is 20.8 Å². The number of ether oxygens (including phenoxy) is 3. The summed E-state index contributed by atoms with van der Waals surface area (Å²) in [5.41, 5.74) is 2.77. The first kappa shape index (κ1) is 23.0. The first-order valence-electron chi connectivity index (χ1n) is 11.0. The molecule has 6 nitrogen and oxygen atoms in total. The standard InChI is InChI=1S/C26H31N3O3/c1-4-30-23-13-7-20(8-14-23)27-19-26(28-21-9-15-24(16-10-21)31-5-2)29-22-11-17-25(18-12-22)32-6-3/h7-18,27H,4-6,19H2,1-3H3,(H,28,29). The van der Waals surface area contributed by atoms with Gasteiger partial charge in [0.25, 0.3) is 0 Å². The summed E-state index contributed by atoms with van der Waals surface area (Å²) >= 11 is 0. The molecule has 0 heterocycles. The van der Waals surface area contributed by atoms with Gasteiger partial charge in [-0.15, -0.1) is 0 Å². The van der Waals surface area contributed by atoms with Crippen LogP contribution in [0.15, 0.2) is 77.8 Å². The summed E-state index contributed by atoms with van der Waals surface area (Å²) in [5, 5.41) is 6.83. The first-order valence-corrected chi connectivity index (χ1v) is 11.0. The van der Waals surface area contributed by atoms with E-state index in [1.165, 1.54) is 0 Å². The number of benzene rings is 3. The molecule has 0 bridgehead atoms. The van der Waals surface area contributed by atoms with E-state index >= 15 is 0 Å². The number of anilines is 2. The van der Waals surface area contributed by atoms with E-state index in [4.69, 9.17) is 19.2 Å². The molecule has 0 radical (unpaired) electrons. The molecule has 3 rings (SSSR count). The normalized spacial score (nSPS) is 11.0. The Balaban J connectivity index is 1.74. The van der Waals surface area contributed by atoms with Crippen LogP contribution in [0.25, 0.3) is 0 Å². The quantitative estimate of drug-likeness (QED) is 0.281. The summed E-state index contributed by atoms with van der Waals surface area (Å²) in [6, 6.07) is 23.5. The average molecular weight is 434 g/mol. The molecular weight excluding hydrogens is 402 g/mol. The van der Waals surface area contributed by atoms with E-state index in [9.17, 15) is 0 Å². The van der Waals surface area contributed by atoms with Crippen molar-refractivity contribution >= 4 is 22.9 Å². The molecular formula is C26H31N3O3. The second-order valence-corrected chi connectivity index (χ2v) is 6.88. The number of nitrogens with zero attached hydrogens (tertiary/aromatic N) is 1. The van der Waals surface area contributed by atoms with Gasteiger partial charge in [0.1, 0.15) is 23.1 Å². The summed E-state index contributed by atoms with van der Waals surface area (Å²) in [6.07, 6.45) is 0. The Labute approximate surface area is 190 Å². The molecule has 0 spiro atoms. The number of amidine groups is 1. The van der Waals surface area contributed by atoms with Gasteiger partial charge in [-0.25, -0.2) is 4.99 Å². The minimum atomic E-state index is 0.522. The molecule has 0 aliphatic rings. The highest BCUT2D eigenvalue weighted by Gasteiger charge is 2.04. The Hall–Kier alpha value is -3.67. The van der Waals surface area contributed by atoms with E-state index in [0.29, 0.717) is 26.4 Å². The monoisotopic (exact) mass is 433 g/mol. The Kier molecular flexibility index (Phi) is 8.80. The molecule has 0 atom stereocenters. The molecule has 0 amide bonds. The fourth-order valence-corrected chi connectivity index (χ4v) is 3.04. The van der Waals surface area contributed by atoms with Crippen LogP contribution in [0.4, 0.5) is 17.1 Å². The second kappa shape index (κ2) is 12.2. The van der Waals surface area contributed by atoms with Crippen LogP contribution in [0.3, 0.4) is 0 Å². The lowest BCUT2D eigenvalue weighted by molar-refractivity contribution is 0.340. The third kappa shape index (κ3) is 7.23. The molecule has 0 aliphatic heterocycles. The van der Waals surface area contributed by atoms with Gasteiger partial charge in [-0.05, 0) is 93.6 Å². The fourth-order valence-electron chi connectivity index (χ4n) is 3.04. The highest BCUT2D eigenvalue weighted by atomic mass is 16.5. The van der Waals surface area contributed by atoms with E-state index in [1.807, 2.05) is 93.6 Å². The zero-order valence-electron chi connectivity index (χ0n) is 18.9. The SMILES string of the molecule is CCOc1ccc(N=C(CNc2ccc(OCC)cc2)Nc2ccc(OCC)cc2)cc1. The van der Waals surface area contributed by atoms with Gasteiger partial charge in [-0.1, -0.05) is 0 Å². The number of rotatable bonds is 11. The highest BCUT2D eigenvalue weighted by molar-refractivity contribution is 5.99. The van der Waals surface area contributed by atoms with Crippen LogP contribution in [0.5, 0.6) is 17.2 Å². The molecule has 0 fully saturated rings. The van der Waals surface area contributed by atoms with Crippen molar-refractivity contribution in [3.8, 4) is 17.2 Å². The van der Waals surface area contributed by atoms with Crippen LogP contribution in [-0.4, -0.2) is 32.2 Å². The lowest BCUT2D eigenvalue weighted by atomic mass is 10.2. The molecule has 0 aromatic heterocycles. The van der Waals surface area contributed by atoms with Crippen molar-refractivity contribution in [3.63, 3.8) is 0 Å². The van der Waals surface area contributed by atoms with Crippen LogP contribution in [0, 0.1) is 0 Å². The molecule has 32 heavy (non-hydrogen) atoms. The van der Waals surface area contributed by atoms with Crippen molar-refractivity contribution in [2.75, 3.05) is 37.0 Å². The van der Waals surface area contributed by atoms with Crippen LogP contribution in [0.2, 0.25) is 0 Å². The van der Waals surface area contributed by atoms with Crippen molar-refractivity contribution in [2.24, 2.45) is 4.99 Å². The van der Waals surface area contributed by atoms with Gasteiger partial charge in [-0.2, -0.15) is 0 Å². The van der Waals surface area contributed by atoms with Crippen LogP contribution in [0.1, 0.15) is 20.8 Å². The Morgan fingerprint density at radius 3 is 1.53 bits per heavy atom. The number of hydrogen-bond donors (Lipinski definition) is 2. The predicted octanol–water partition coefficient (Wildman–Crippen LogP) is 6.14. The summed E-state index contributed by atoms with van der Waals surface area (Å²) in [5.74, 6) is 3.32. The molecule has 0 unspecified atom stereocenters. The molecule has 0 saturated heterocycles. The summed E-state index contributed by atoms with van der Waals surface area (Å²) in [4.78, 5) is 4.81. The Bertz CT molecular complexity index is 969. The van der Waals surface area contributed by atoms with Gasteiger partial charge in [-0.3, -0.25) is 0 Å². The van der Waals surface area contributed by atoms with Crippen molar-refractivity contribution in [1.82, 2.24) is 0 Å². The van der Waals surface area contributed by atoms with Crippen molar-refractivity contribution < 1.29 is 14.2 Å². The minimum absolute atomic E-state index is 0.522. The molecule has 3 aromatic rings. The topological polar surface area (TPSA) is 64.1 Å².